The highest BCUT2D eigenvalue weighted by molar-refractivity contribution is 6.27. The number of carbonyl (C=O) groups excluding carboxylic acids is 2. The third-order valence-corrected chi connectivity index (χ3v) is 4.47. The zero-order valence-corrected chi connectivity index (χ0v) is 14.3. The minimum Gasteiger partial charge on any atom is -0.298 e. The Morgan fingerprint density at radius 1 is 1.22 bits per heavy atom. The van der Waals surface area contributed by atoms with Crippen LogP contribution in [0.25, 0.3) is 0 Å². The van der Waals surface area contributed by atoms with Crippen LogP contribution in [0.1, 0.15) is 52.9 Å². The Balaban J connectivity index is 2.12. The molecule has 1 heterocycles. The molecule has 1 aromatic rings. The standard InChI is InChI=1S/C19H26N2O2/c1-4-6-8-11-15(5-2)18(22)17-14(3)20-21(19(17)23)16-12-9-7-10-13-16/h7,9-10,12-13,15,17H,4-6,8,11H2,1-3H3/t15-,17-/m1/s1. The van der Waals surface area contributed by atoms with E-state index in [0.29, 0.717) is 11.4 Å². The van der Waals surface area contributed by atoms with Crippen molar-refractivity contribution in [3.8, 4) is 0 Å². The maximum absolute atomic E-state index is 12.8. The van der Waals surface area contributed by atoms with Gasteiger partial charge in [-0.25, -0.2) is 0 Å². The second kappa shape index (κ2) is 8.04. The monoisotopic (exact) mass is 314 g/mol. The molecular formula is C19H26N2O2. The van der Waals surface area contributed by atoms with Crippen LogP contribution in [0.4, 0.5) is 5.69 Å². The van der Waals surface area contributed by atoms with Gasteiger partial charge < -0.3 is 0 Å². The number of ketones is 1. The largest absolute Gasteiger partial charge is 0.298 e. The smallest absolute Gasteiger partial charge is 0.263 e. The van der Waals surface area contributed by atoms with E-state index in [2.05, 4.69) is 12.0 Å². The summed E-state index contributed by atoms with van der Waals surface area (Å²) in [6.45, 7) is 5.95. The predicted molar refractivity (Wildman–Crippen MR) is 93.5 cm³/mol. The summed E-state index contributed by atoms with van der Waals surface area (Å²) >= 11 is 0. The third kappa shape index (κ3) is 3.87. The van der Waals surface area contributed by atoms with Gasteiger partial charge in [-0.1, -0.05) is 51.3 Å². The molecule has 2 rings (SSSR count). The summed E-state index contributed by atoms with van der Waals surface area (Å²) in [5.41, 5.74) is 1.32. The maximum atomic E-state index is 12.8. The van der Waals surface area contributed by atoms with E-state index in [1.54, 1.807) is 6.92 Å². The van der Waals surface area contributed by atoms with Gasteiger partial charge in [0.05, 0.1) is 11.4 Å². The first-order valence-corrected chi connectivity index (χ1v) is 8.58. The average molecular weight is 314 g/mol. The number of hydrogen-bond donors (Lipinski definition) is 0. The lowest BCUT2D eigenvalue weighted by molar-refractivity contribution is -0.131. The first-order chi connectivity index (χ1) is 11.1. The van der Waals surface area contributed by atoms with Gasteiger partial charge in [-0.2, -0.15) is 10.1 Å². The number of carbonyl (C=O) groups is 2. The number of unbranched alkanes of at least 4 members (excludes halogenated alkanes) is 2. The summed E-state index contributed by atoms with van der Waals surface area (Å²) in [5.74, 6) is -0.931. The highest BCUT2D eigenvalue weighted by atomic mass is 16.2. The van der Waals surface area contributed by atoms with Crippen LogP contribution in [0.5, 0.6) is 0 Å². The Morgan fingerprint density at radius 3 is 2.52 bits per heavy atom. The van der Waals surface area contributed by atoms with Crippen molar-refractivity contribution >= 4 is 23.1 Å². The van der Waals surface area contributed by atoms with Crippen LogP contribution in [0.3, 0.4) is 0 Å². The molecule has 0 unspecified atom stereocenters. The zero-order chi connectivity index (χ0) is 16.8. The quantitative estimate of drug-likeness (QED) is 0.533. The molecule has 2 atom stereocenters. The Hall–Kier alpha value is -1.97. The van der Waals surface area contributed by atoms with E-state index in [1.165, 1.54) is 5.01 Å². The molecule has 0 saturated heterocycles. The van der Waals surface area contributed by atoms with E-state index in [9.17, 15) is 9.59 Å². The first kappa shape index (κ1) is 17.4. The molecule has 1 amide bonds. The fraction of sp³-hybridized carbons (Fsp3) is 0.526. The van der Waals surface area contributed by atoms with Crippen molar-refractivity contribution in [1.29, 1.82) is 0 Å². The van der Waals surface area contributed by atoms with Crippen LogP contribution in [0, 0.1) is 11.8 Å². The minimum absolute atomic E-state index is 0.0354. The van der Waals surface area contributed by atoms with Gasteiger partial charge in [-0.15, -0.1) is 0 Å². The number of para-hydroxylation sites is 1. The number of Topliss-reactive ketones (excluding diaryl/α,β-unsaturated/α-hetero) is 1. The zero-order valence-electron chi connectivity index (χ0n) is 14.3. The van der Waals surface area contributed by atoms with Crippen molar-refractivity contribution in [3.05, 3.63) is 30.3 Å². The molecule has 0 aromatic heterocycles. The van der Waals surface area contributed by atoms with Crippen LogP contribution in [-0.2, 0) is 9.59 Å². The summed E-state index contributed by atoms with van der Waals surface area (Å²) in [6, 6.07) is 9.29. The van der Waals surface area contributed by atoms with Crippen molar-refractivity contribution in [3.63, 3.8) is 0 Å². The second-order valence-corrected chi connectivity index (χ2v) is 6.16. The van der Waals surface area contributed by atoms with Gasteiger partial charge in [0.1, 0.15) is 5.92 Å². The van der Waals surface area contributed by atoms with Gasteiger partial charge in [0.25, 0.3) is 5.91 Å². The predicted octanol–water partition coefficient (Wildman–Crippen LogP) is 4.20. The molecule has 0 fully saturated rings. The number of hydrogen-bond acceptors (Lipinski definition) is 3. The van der Waals surface area contributed by atoms with Crippen molar-refractivity contribution < 1.29 is 9.59 Å². The van der Waals surface area contributed by atoms with Crippen LogP contribution >= 0.6 is 0 Å². The molecule has 0 bridgehead atoms. The lowest BCUT2D eigenvalue weighted by atomic mass is 9.85. The van der Waals surface area contributed by atoms with Crippen molar-refractivity contribution in [2.75, 3.05) is 5.01 Å². The number of amides is 1. The van der Waals surface area contributed by atoms with E-state index >= 15 is 0 Å². The molecule has 0 aliphatic carbocycles. The Kier molecular flexibility index (Phi) is 6.08. The fourth-order valence-electron chi connectivity index (χ4n) is 3.07. The van der Waals surface area contributed by atoms with Crippen LogP contribution < -0.4 is 5.01 Å². The summed E-state index contributed by atoms with van der Waals surface area (Å²) in [6.07, 6.45) is 4.96. The Morgan fingerprint density at radius 2 is 1.91 bits per heavy atom. The topological polar surface area (TPSA) is 49.7 Å². The molecule has 1 aromatic carbocycles. The first-order valence-electron chi connectivity index (χ1n) is 8.58. The molecule has 4 heteroatoms. The van der Waals surface area contributed by atoms with Crippen molar-refractivity contribution in [2.45, 2.75) is 52.9 Å². The molecule has 1 aliphatic rings. The van der Waals surface area contributed by atoms with Gasteiger partial charge in [-0.05, 0) is 31.9 Å². The highest BCUT2D eigenvalue weighted by Gasteiger charge is 2.41. The van der Waals surface area contributed by atoms with E-state index in [1.807, 2.05) is 37.3 Å². The molecule has 0 saturated carbocycles. The van der Waals surface area contributed by atoms with Crippen molar-refractivity contribution in [1.82, 2.24) is 0 Å². The molecule has 0 N–H and O–H groups in total. The van der Waals surface area contributed by atoms with Gasteiger partial charge in [0, 0.05) is 5.92 Å². The molecule has 23 heavy (non-hydrogen) atoms. The lowest BCUT2D eigenvalue weighted by Crippen LogP contribution is -2.36. The second-order valence-electron chi connectivity index (χ2n) is 6.16. The average Bonchev–Trinajstić information content (AvgIpc) is 2.86. The Bertz CT molecular complexity index is 580. The summed E-state index contributed by atoms with van der Waals surface area (Å²) in [4.78, 5) is 25.5. The number of benzene rings is 1. The number of anilines is 1. The minimum atomic E-state index is -0.707. The van der Waals surface area contributed by atoms with Crippen molar-refractivity contribution in [2.24, 2.45) is 16.9 Å². The molecular weight excluding hydrogens is 288 g/mol. The molecule has 0 spiro atoms. The highest BCUT2D eigenvalue weighted by Crippen LogP contribution is 2.28. The normalized spacial score (nSPS) is 18.9. The Labute approximate surface area is 138 Å². The fourth-order valence-corrected chi connectivity index (χ4v) is 3.07. The molecule has 1 aliphatic heterocycles. The number of rotatable bonds is 8. The molecule has 0 radical (unpaired) electrons. The lowest BCUT2D eigenvalue weighted by Gasteiger charge is -2.18. The van der Waals surface area contributed by atoms with Crippen LogP contribution in [0.15, 0.2) is 35.4 Å². The van der Waals surface area contributed by atoms with E-state index in [4.69, 9.17) is 0 Å². The third-order valence-electron chi connectivity index (χ3n) is 4.47. The maximum Gasteiger partial charge on any atom is 0.263 e. The summed E-state index contributed by atoms with van der Waals surface area (Å²) in [7, 11) is 0. The SMILES string of the molecule is CCCCC[C@@H](CC)C(=O)[C@@H]1C(=O)N(c2ccccc2)N=C1C. The van der Waals surface area contributed by atoms with Gasteiger partial charge in [0.2, 0.25) is 0 Å². The van der Waals surface area contributed by atoms with Gasteiger partial charge in [0.15, 0.2) is 5.78 Å². The summed E-state index contributed by atoms with van der Waals surface area (Å²) in [5, 5.41) is 5.71. The number of nitrogens with zero attached hydrogens (tertiary/aromatic N) is 2. The van der Waals surface area contributed by atoms with Gasteiger partial charge in [-0.3, -0.25) is 9.59 Å². The van der Waals surface area contributed by atoms with E-state index < -0.39 is 5.92 Å². The van der Waals surface area contributed by atoms with Crippen LogP contribution in [0.2, 0.25) is 0 Å². The van der Waals surface area contributed by atoms with E-state index in [-0.39, 0.29) is 17.6 Å². The van der Waals surface area contributed by atoms with Gasteiger partial charge >= 0.3 is 0 Å². The number of hydrazone groups is 1. The van der Waals surface area contributed by atoms with Crippen LogP contribution in [-0.4, -0.2) is 17.4 Å². The summed E-state index contributed by atoms with van der Waals surface area (Å²) < 4.78 is 0. The van der Waals surface area contributed by atoms with E-state index in [0.717, 1.165) is 32.1 Å². The molecule has 124 valence electrons. The molecule has 4 nitrogen and oxygen atoms in total.